The minimum atomic E-state index is -1.17. The molecule has 0 aliphatic rings. The first-order chi connectivity index (χ1) is 8.49. The van der Waals surface area contributed by atoms with E-state index >= 15 is 0 Å². The number of carbonyl (C=O) groups is 1. The van der Waals surface area contributed by atoms with Crippen LogP contribution in [0.5, 0.6) is 0 Å². The molecule has 0 unspecified atom stereocenters. The second-order valence-electron chi connectivity index (χ2n) is 3.53. The van der Waals surface area contributed by atoms with Crippen LogP contribution in [0, 0.1) is 5.82 Å². The van der Waals surface area contributed by atoms with Gasteiger partial charge in [-0.2, -0.15) is 0 Å². The number of carboxylic acids is 1. The number of hydrogen-bond acceptors (Lipinski definition) is 2. The summed E-state index contributed by atoms with van der Waals surface area (Å²) < 4.78 is 14.3. The van der Waals surface area contributed by atoms with E-state index in [1.165, 1.54) is 18.2 Å². The Morgan fingerprint density at radius 3 is 2.61 bits per heavy atom. The first kappa shape index (κ1) is 12.3. The van der Waals surface area contributed by atoms with Crippen molar-refractivity contribution in [2.45, 2.75) is 0 Å². The molecule has 0 saturated heterocycles. The Kier molecular flexibility index (Phi) is 3.16. The molecule has 0 radical (unpaired) electrons. The van der Waals surface area contributed by atoms with Crippen LogP contribution in [0.2, 0.25) is 5.02 Å². The summed E-state index contributed by atoms with van der Waals surface area (Å²) in [5, 5.41) is 8.77. The average Bonchev–Trinajstić information content (AvgIpc) is 2.33. The molecular formula is C12H7ClFNO3. The van der Waals surface area contributed by atoms with Crippen molar-refractivity contribution < 1.29 is 14.3 Å². The number of aromatic nitrogens is 1. The van der Waals surface area contributed by atoms with Gasteiger partial charge in [0.15, 0.2) is 0 Å². The fourth-order valence-corrected chi connectivity index (χ4v) is 1.57. The molecule has 0 aliphatic heterocycles. The zero-order chi connectivity index (χ0) is 13.3. The molecule has 1 aromatic heterocycles. The SMILES string of the molecule is O=C(O)c1ccc(=O)n(-c2ccc(Cl)c(F)c2)c1. The van der Waals surface area contributed by atoms with Gasteiger partial charge in [0, 0.05) is 12.3 Å². The molecule has 0 amide bonds. The molecular weight excluding hydrogens is 261 g/mol. The first-order valence-corrected chi connectivity index (χ1v) is 5.28. The number of nitrogens with zero attached hydrogens (tertiary/aromatic N) is 1. The molecule has 1 aromatic carbocycles. The fraction of sp³-hybridized carbons (Fsp3) is 0. The van der Waals surface area contributed by atoms with Gasteiger partial charge in [-0.1, -0.05) is 11.6 Å². The lowest BCUT2D eigenvalue weighted by molar-refractivity contribution is 0.0696. The predicted octanol–water partition coefficient (Wildman–Crippen LogP) is 2.33. The van der Waals surface area contributed by atoms with E-state index in [1.54, 1.807) is 0 Å². The number of hydrogen-bond donors (Lipinski definition) is 1. The Balaban J connectivity index is 2.62. The second-order valence-corrected chi connectivity index (χ2v) is 3.94. The van der Waals surface area contributed by atoms with E-state index in [9.17, 15) is 14.0 Å². The summed E-state index contributed by atoms with van der Waals surface area (Å²) in [5.41, 5.74) is -0.309. The molecule has 1 N–H and O–H groups in total. The first-order valence-electron chi connectivity index (χ1n) is 4.90. The van der Waals surface area contributed by atoms with Crippen LogP contribution in [-0.4, -0.2) is 15.6 Å². The predicted molar refractivity (Wildman–Crippen MR) is 64.0 cm³/mol. The quantitative estimate of drug-likeness (QED) is 0.908. The smallest absolute Gasteiger partial charge is 0.337 e. The van der Waals surface area contributed by atoms with Crippen LogP contribution >= 0.6 is 11.6 Å². The summed E-state index contributed by atoms with van der Waals surface area (Å²) in [7, 11) is 0. The number of halogens is 2. The minimum absolute atomic E-state index is 0.0649. The Hall–Kier alpha value is -2.14. The summed E-state index contributed by atoms with van der Waals surface area (Å²) in [4.78, 5) is 22.4. The van der Waals surface area contributed by atoms with Gasteiger partial charge in [0.1, 0.15) is 5.82 Å². The zero-order valence-electron chi connectivity index (χ0n) is 8.93. The van der Waals surface area contributed by atoms with Crippen molar-refractivity contribution in [3.8, 4) is 5.69 Å². The Morgan fingerprint density at radius 1 is 1.28 bits per heavy atom. The summed E-state index contributed by atoms with van der Waals surface area (Å²) in [6.45, 7) is 0. The molecule has 0 spiro atoms. The van der Waals surface area contributed by atoms with Crippen molar-refractivity contribution in [3.63, 3.8) is 0 Å². The molecule has 92 valence electrons. The molecule has 18 heavy (non-hydrogen) atoms. The van der Waals surface area contributed by atoms with E-state index in [0.29, 0.717) is 0 Å². The zero-order valence-corrected chi connectivity index (χ0v) is 9.69. The maximum absolute atomic E-state index is 13.3. The van der Waals surface area contributed by atoms with Crippen LogP contribution in [0.1, 0.15) is 10.4 Å². The molecule has 2 rings (SSSR count). The van der Waals surface area contributed by atoms with Crippen molar-refractivity contribution >= 4 is 17.6 Å². The van der Waals surface area contributed by atoms with Crippen LogP contribution in [0.15, 0.2) is 41.3 Å². The highest BCUT2D eigenvalue weighted by atomic mass is 35.5. The Labute approximate surface area is 106 Å². The topological polar surface area (TPSA) is 59.3 Å². The highest BCUT2D eigenvalue weighted by Crippen LogP contribution is 2.17. The largest absolute Gasteiger partial charge is 0.478 e. The van der Waals surface area contributed by atoms with Crippen molar-refractivity contribution in [1.29, 1.82) is 0 Å². The lowest BCUT2D eigenvalue weighted by atomic mass is 10.2. The van der Waals surface area contributed by atoms with E-state index in [0.717, 1.165) is 22.9 Å². The number of carboxylic acid groups (broad SMARTS) is 1. The third kappa shape index (κ3) is 2.26. The van der Waals surface area contributed by atoms with Crippen LogP contribution < -0.4 is 5.56 Å². The van der Waals surface area contributed by atoms with Crippen LogP contribution in [0.3, 0.4) is 0 Å². The third-order valence-corrected chi connectivity index (χ3v) is 2.65. The van der Waals surface area contributed by atoms with E-state index in [-0.39, 0.29) is 16.3 Å². The second kappa shape index (κ2) is 4.62. The van der Waals surface area contributed by atoms with Gasteiger partial charge in [-0.15, -0.1) is 0 Å². The summed E-state index contributed by atoms with van der Waals surface area (Å²) >= 11 is 5.53. The lowest BCUT2D eigenvalue weighted by Gasteiger charge is -2.07. The standard InChI is InChI=1S/C12H7ClFNO3/c13-9-3-2-8(5-10(9)14)15-6-7(12(17)18)1-4-11(15)16/h1-6H,(H,17,18). The normalized spacial score (nSPS) is 10.3. The minimum Gasteiger partial charge on any atom is -0.478 e. The van der Waals surface area contributed by atoms with Gasteiger partial charge in [0.05, 0.1) is 16.3 Å². The molecule has 0 fully saturated rings. The maximum atomic E-state index is 13.3. The van der Waals surface area contributed by atoms with Gasteiger partial charge >= 0.3 is 5.97 Å². The monoisotopic (exact) mass is 267 g/mol. The lowest BCUT2D eigenvalue weighted by Crippen LogP contribution is -2.18. The summed E-state index contributed by atoms with van der Waals surface area (Å²) in [5.74, 6) is -1.85. The molecule has 0 aliphatic carbocycles. The summed E-state index contributed by atoms with van der Waals surface area (Å²) in [6.07, 6.45) is 1.13. The highest BCUT2D eigenvalue weighted by molar-refractivity contribution is 6.30. The van der Waals surface area contributed by atoms with E-state index < -0.39 is 17.3 Å². The Morgan fingerprint density at radius 2 is 2.00 bits per heavy atom. The molecule has 0 bridgehead atoms. The number of pyridine rings is 1. The Bertz CT molecular complexity index is 681. The van der Waals surface area contributed by atoms with Crippen LogP contribution in [0.4, 0.5) is 4.39 Å². The molecule has 0 saturated carbocycles. The third-order valence-electron chi connectivity index (χ3n) is 2.34. The molecule has 0 atom stereocenters. The van der Waals surface area contributed by atoms with Gasteiger partial charge in [0.2, 0.25) is 0 Å². The number of benzene rings is 1. The van der Waals surface area contributed by atoms with Crippen molar-refractivity contribution in [3.05, 3.63) is 63.3 Å². The van der Waals surface area contributed by atoms with E-state index in [2.05, 4.69) is 0 Å². The number of rotatable bonds is 2. The van der Waals surface area contributed by atoms with Gasteiger partial charge in [0.25, 0.3) is 5.56 Å². The fourth-order valence-electron chi connectivity index (χ4n) is 1.45. The highest BCUT2D eigenvalue weighted by Gasteiger charge is 2.08. The van der Waals surface area contributed by atoms with Gasteiger partial charge in [-0.25, -0.2) is 9.18 Å². The van der Waals surface area contributed by atoms with Crippen molar-refractivity contribution in [1.82, 2.24) is 4.57 Å². The molecule has 4 nitrogen and oxygen atoms in total. The van der Waals surface area contributed by atoms with Gasteiger partial charge < -0.3 is 5.11 Å². The van der Waals surface area contributed by atoms with Crippen LogP contribution in [-0.2, 0) is 0 Å². The van der Waals surface area contributed by atoms with Crippen LogP contribution in [0.25, 0.3) is 5.69 Å². The van der Waals surface area contributed by atoms with Crippen molar-refractivity contribution in [2.24, 2.45) is 0 Å². The number of aromatic carboxylic acids is 1. The molecule has 6 heteroatoms. The van der Waals surface area contributed by atoms with Crippen molar-refractivity contribution in [2.75, 3.05) is 0 Å². The maximum Gasteiger partial charge on any atom is 0.337 e. The van der Waals surface area contributed by atoms with Gasteiger partial charge in [-0.05, 0) is 24.3 Å². The average molecular weight is 268 g/mol. The summed E-state index contributed by atoms with van der Waals surface area (Å²) in [6, 6.07) is 6.09. The van der Waals surface area contributed by atoms with E-state index in [1.807, 2.05) is 0 Å². The molecule has 1 heterocycles. The molecule has 2 aromatic rings. The van der Waals surface area contributed by atoms with E-state index in [4.69, 9.17) is 16.7 Å². The van der Waals surface area contributed by atoms with Gasteiger partial charge in [-0.3, -0.25) is 9.36 Å².